The predicted octanol–water partition coefficient (Wildman–Crippen LogP) is 6.38. The molecule has 0 spiro atoms. The van der Waals surface area contributed by atoms with Crippen molar-refractivity contribution in [3.05, 3.63) is 84.6 Å². The Balaban J connectivity index is 1.72. The van der Waals surface area contributed by atoms with Crippen LogP contribution in [0.2, 0.25) is 10.2 Å². The molecule has 8 nitrogen and oxygen atoms in total. The van der Waals surface area contributed by atoms with E-state index in [1.54, 1.807) is 6.08 Å². The molecular weight excluding hydrogens is 548 g/mol. The molecule has 0 radical (unpaired) electrons. The molecule has 0 aliphatic carbocycles. The fourth-order valence-electron chi connectivity index (χ4n) is 3.03. The second kappa shape index (κ2) is 12.7. The van der Waals surface area contributed by atoms with Crippen LogP contribution in [-0.2, 0) is 16.0 Å². The van der Waals surface area contributed by atoms with E-state index in [9.17, 15) is 23.9 Å². The predicted molar refractivity (Wildman–Crippen MR) is 137 cm³/mol. The van der Waals surface area contributed by atoms with E-state index in [2.05, 4.69) is 9.72 Å². The zero-order valence-electron chi connectivity index (χ0n) is 19.5. The number of unbranched alkanes of at least 4 members (excludes halogenated alkanes) is 1. The number of ketones is 1. The number of Topliss-reactive ketones (excluding diaryl/α,β-unsaturated/α-hetero) is 1. The van der Waals surface area contributed by atoms with Crippen molar-refractivity contribution in [3.63, 3.8) is 0 Å². The number of aromatic nitrogens is 1. The normalized spacial score (nSPS) is 11.6. The lowest BCUT2D eigenvalue weighted by Gasteiger charge is -2.05. The van der Waals surface area contributed by atoms with Gasteiger partial charge >= 0.3 is 11.6 Å². The third kappa shape index (κ3) is 7.51. The molecule has 2 aromatic heterocycles. The van der Waals surface area contributed by atoms with Crippen LogP contribution >= 0.6 is 34.5 Å². The highest BCUT2D eigenvalue weighted by atomic mass is 35.5. The SMILES string of the molecule is COC(=O)/C=C/CCCc1cc(O)c(C(=O)/C(C)=C/c2sc(Oc3ccc(F)c(Cl)c3)nc2Cl)c(=O)o1. The molecule has 12 heteroatoms. The molecule has 0 saturated heterocycles. The first kappa shape index (κ1) is 28.1. The third-order valence-electron chi connectivity index (χ3n) is 4.85. The van der Waals surface area contributed by atoms with Gasteiger partial charge in [-0.1, -0.05) is 40.6 Å². The van der Waals surface area contributed by atoms with Crippen molar-refractivity contribution >= 4 is 52.4 Å². The van der Waals surface area contributed by atoms with Crippen LogP contribution < -0.4 is 10.4 Å². The molecule has 0 aliphatic rings. The molecule has 0 amide bonds. The fourth-order valence-corrected chi connectivity index (χ4v) is 4.33. The van der Waals surface area contributed by atoms with E-state index in [-0.39, 0.29) is 32.5 Å². The Kier molecular flexibility index (Phi) is 9.62. The van der Waals surface area contributed by atoms with Gasteiger partial charge in [-0.2, -0.15) is 4.98 Å². The third-order valence-corrected chi connectivity index (χ3v) is 6.42. The van der Waals surface area contributed by atoms with Gasteiger partial charge in [-0.15, -0.1) is 0 Å². The van der Waals surface area contributed by atoms with E-state index < -0.39 is 34.5 Å². The number of benzene rings is 1. The molecular formula is C25H20Cl2FNO7S. The first-order chi connectivity index (χ1) is 17.6. The molecule has 0 atom stereocenters. The van der Waals surface area contributed by atoms with Crippen LogP contribution in [0, 0.1) is 5.82 Å². The van der Waals surface area contributed by atoms with Crippen molar-refractivity contribution in [2.45, 2.75) is 26.2 Å². The lowest BCUT2D eigenvalue weighted by atomic mass is 10.0. The number of thiazole rings is 1. The maximum Gasteiger partial charge on any atom is 0.351 e. The number of ether oxygens (including phenoxy) is 2. The Bertz CT molecular complexity index is 1450. The number of halogens is 3. The molecule has 0 unspecified atom stereocenters. The van der Waals surface area contributed by atoms with Crippen molar-refractivity contribution in [1.82, 2.24) is 4.98 Å². The van der Waals surface area contributed by atoms with Crippen LogP contribution in [0.25, 0.3) is 6.08 Å². The van der Waals surface area contributed by atoms with Crippen molar-refractivity contribution in [2.24, 2.45) is 0 Å². The number of carbonyl (C=O) groups is 2. The molecule has 3 rings (SSSR count). The van der Waals surface area contributed by atoms with Gasteiger partial charge in [0.15, 0.2) is 10.9 Å². The highest BCUT2D eigenvalue weighted by Gasteiger charge is 2.21. The highest BCUT2D eigenvalue weighted by molar-refractivity contribution is 7.14. The van der Waals surface area contributed by atoms with Crippen LogP contribution in [0.1, 0.15) is 40.8 Å². The monoisotopic (exact) mass is 567 g/mol. The van der Waals surface area contributed by atoms with Crippen molar-refractivity contribution in [1.29, 1.82) is 0 Å². The second-order valence-electron chi connectivity index (χ2n) is 7.55. The van der Waals surface area contributed by atoms with Crippen LogP contribution in [0.3, 0.4) is 0 Å². The summed E-state index contributed by atoms with van der Waals surface area (Å²) < 4.78 is 28.6. The van der Waals surface area contributed by atoms with Gasteiger partial charge in [0.25, 0.3) is 5.19 Å². The number of aromatic hydroxyl groups is 1. The summed E-state index contributed by atoms with van der Waals surface area (Å²) in [7, 11) is 1.27. The Hall–Kier alpha value is -3.47. The lowest BCUT2D eigenvalue weighted by molar-refractivity contribution is -0.134. The summed E-state index contributed by atoms with van der Waals surface area (Å²) in [5, 5.41) is 10.4. The standard InChI is InChI=1S/C25H20Cl2FNO7S/c1-13(10-19-23(27)29-25(37-19)36-15-8-9-17(28)16(26)11-15)22(32)21-18(30)12-14(35-24(21)33)6-4-3-5-7-20(31)34-2/h5,7-12,30H,3-4,6H2,1-2H3/b7-5+,13-10+. The molecule has 0 saturated carbocycles. The molecule has 37 heavy (non-hydrogen) atoms. The molecule has 1 aromatic carbocycles. The number of hydrogen-bond donors (Lipinski definition) is 1. The Morgan fingerprint density at radius 2 is 2.03 bits per heavy atom. The molecule has 3 aromatic rings. The second-order valence-corrected chi connectivity index (χ2v) is 9.31. The minimum absolute atomic E-state index is 0.0354. The van der Waals surface area contributed by atoms with Crippen LogP contribution in [0.4, 0.5) is 4.39 Å². The van der Waals surface area contributed by atoms with Gasteiger partial charge in [0, 0.05) is 24.6 Å². The number of aryl methyl sites for hydroxylation is 1. The van der Waals surface area contributed by atoms with Gasteiger partial charge in [-0.3, -0.25) is 4.79 Å². The molecule has 2 heterocycles. The summed E-state index contributed by atoms with van der Waals surface area (Å²) in [5.41, 5.74) is -1.41. The van der Waals surface area contributed by atoms with Gasteiger partial charge in [-0.05, 0) is 43.5 Å². The van der Waals surface area contributed by atoms with Gasteiger partial charge in [0.05, 0.1) is 17.0 Å². The van der Waals surface area contributed by atoms with Crippen LogP contribution in [0.5, 0.6) is 16.7 Å². The van der Waals surface area contributed by atoms with Crippen molar-refractivity contribution in [3.8, 4) is 16.7 Å². The number of rotatable bonds is 10. The first-order valence-electron chi connectivity index (χ1n) is 10.7. The van der Waals surface area contributed by atoms with Crippen LogP contribution in [-0.4, -0.2) is 29.0 Å². The lowest BCUT2D eigenvalue weighted by Crippen LogP contribution is -2.16. The summed E-state index contributed by atoms with van der Waals surface area (Å²) in [4.78, 5) is 40.8. The van der Waals surface area contributed by atoms with Crippen molar-refractivity contribution < 1.29 is 33.0 Å². The van der Waals surface area contributed by atoms with E-state index >= 15 is 0 Å². The minimum Gasteiger partial charge on any atom is -0.507 e. The number of esters is 1. The Morgan fingerprint density at radius 1 is 1.27 bits per heavy atom. The largest absolute Gasteiger partial charge is 0.507 e. The fraction of sp³-hybridized carbons (Fsp3) is 0.200. The van der Waals surface area contributed by atoms with Gasteiger partial charge in [-0.25, -0.2) is 14.0 Å². The summed E-state index contributed by atoms with van der Waals surface area (Å²) in [6.45, 7) is 1.44. The summed E-state index contributed by atoms with van der Waals surface area (Å²) in [6, 6.07) is 5.00. The van der Waals surface area contributed by atoms with Gasteiger partial charge < -0.3 is 19.0 Å². The highest BCUT2D eigenvalue weighted by Crippen LogP contribution is 2.35. The zero-order chi connectivity index (χ0) is 27.1. The summed E-state index contributed by atoms with van der Waals surface area (Å²) in [5.74, 6) is -1.91. The average Bonchev–Trinajstić information content (AvgIpc) is 3.18. The van der Waals surface area contributed by atoms with E-state index in [0.29, 0.717) is 24.1 Å². The van der Waals surface area contributed by atoms with E-state index in [4.69, 9.17) is 32.4 Å². The summed E-state index contributed by atoms with van der Waals surface area (Å²) in [6.07, 6.45) is 5.64. The Morgan fingerprint density at radius 3 is 2.70 bits per heavy atom. The number of carbonyl (C=O) groups excluding carboxylic acids is 2. The smallest absolute Gasteiger partial charge is 0.351 e. The maximum absolute atomic E-state index is 13.3. The van der Waals surface area contributed by atoms with Gasteiger partial charge in [0.1, 0.15) is 28.6 Å². The van der Waals surface area contributed by atoms with E-state index in [0.717, 1.165) is 17.4 Å². The maximum atomic E-state index is 13.3. The molecule has 0 fully saturated rings. The zero-order valence-corrected chi connectivity index (χ0v) is 21.9. The molecule has 0 aliphatic heterocycles. The van der Waals surface area contributed by atoms with E-state index in [1.165, 1.54) is 44.4 Å². The first-order valence-corrected chi connectivity index (χ1v) is 12.3. The number of methoxy groups -OCH3 is 1. The number of nitrogens with zero attached hydrogens (tertiary/aromatic N) is 1. The number of allylic oxidation sites excluding steroid dienone is 2. The van der Waals surface area contributed by atoms with Gasteiger partial charge in [0.2, 0.25) is 0 Å². The summed E-state index contributed by atoms with van der Waals surface area (Å²) >= 11 is 12.9. The molecule has 1 N–H and O–H groups in total. The quantitative estimate of drug-likeness (QED) is 0.130. The average molecular weight is 568 g/mol. The minimum atomic E-state index is -0.981. The Labute approximate surface area is 224 Å². The number of hydrogen-bond acceptors (Lipinski definition) is 9. The van der Waals surface area contributed by atoms with Crippen molar-refractivity contribution in [2.75, 3.05) is 7.11 Å². The van der Waals surface area contributed by atoms with Crippen LogP contribution in [0.15, 0.2) is 51.2 Å². The molecule has 194 valence electrons. The van der Waals surface area contributed by atoms with E-state index in [1.807, 2.05) is 0 Å². The molecule has 0 bridgehead atoms. The topological polar surface area (TPSA) is 116 Å².